The number of carbonyl (C=O) groups excluding carboxylic acids is 3. The SMILES string of the molecule is CC(=O)Oc1c(CNC(=O)C2CCCN2C(=O)C(C(C)C)N(N)/C=C(\N)OCCCCO)ccc(-c2scnc2C)c1F. The van der Waals surface area contributed by atoms with Crippen LogP contribution in [-0.2, 0) is 25.7 Å². The zero-order valence-electron chi connectivity index (χ0n) is 25.0. The van der Waals surface area contributed by atoms with Crippen molar-refractivity contribution < 1.29 is 33.4 Å². The Hall–Kier alpha value is -3.75. The summed E-state index contributed by atoms with van der Waals surface area (Å²) in [4.78, 5) is 45.1. The van der Waals surface area contributed by atoms with Crippen LogP contribution in [0.4, 0.5) is 4.39 Å². The first-order valence-electron chi connectivity index (χ1n) is 14.2. The Balaban J connectivity index is 1.73. The van der Waals surface area contributed by atoms with Crippen LogP contribution in [0.5, 0.6) is 5.75 Å². The summed E-state index contributed by atoms with van der Waals surface area (Å²) >= 11 is 1.27. The van der Waals surface area contributed by atoms with Gasteiger partial charge in [0.25, 0.3) is 0 Å². The van der Waals surface area contributed by atoms with E-state index in [0.717, 1.165) is 0 Å². The number of aromatic nitrogens is 1. The highest BCUT2D eigenvalue weighted by molar-refractivity contribution is 7.13. The first kappa shape index (κ1) is 33.7. The van der Waals surface area contributed by atoms with Crippen molar-refractivity contribution in [3.63, 3.8) is 0 Å². The molecule has 0 saturated carbocycles. The van der Waals surface area contributed by atoms with Gasteiger partial charge in [-0.3, -0.25) is 14.4 Å². The summed E-state index contributed by atoms with van der Waals surface area (Å²) in [5.74, 6) is 3.59. The van der Waals surface area contributed by atoms with E-state index in [4.69, 9.17) is 26.2 Å². The number of nitrogens with two attached hydrogens (primary N) is 2. The van der Waals surface area contributed by atoms with Gasteiger partial charge in [0.2, 0.25) is 17.7 Å². The number of halogens is 1. The molecule has 2 aromatic rings. The lowest BCUT2D eigenvalue weighted by atomic mass is 10.0. The van der Waals surface area contributed by atoms with E-state index in [9.17, 15) is 14.4 Å². The molecule has 1 aromatic carbocycles. The number of amides is 2. The number of aliphatic hydroxyl groups excluding tert-OH is 1. The third-order valence-corrected chi connectivity index (χ3v) is 7.97. The summed E-state index contributed by atoms with van der Waals surface area (Å²) in [6, 6.07) is 1.57. The van der Waals surface area contributed by atoms with E-state index in [2.05, 4.69) is 10.3 Å². The number of hydrazine groups is 1. The minimum absolute atomic E-state index is 0.0296. The van der Waals surface area contributed by atoms with Gasteiger partial charge in [0.05, 0.1) is 28.9 Å². The molecule has 2 amide bonds. The molecule has 2 heterocycles. The molecule has 1 fully saturated rings. The summed E-state index contributed by atoms with van der Waals surface area (Å²) in [5, 5.41) is 12.9. The van der Waals surface area contributed by atoms with E-state index >= 15 is 4.39 Å². The summed E-state index contributed by atoms with van der Waals surface area (Å²) in [5.41, 5.74) is 8.69. The molecule has 2 unspecified atom stereocenters. The molecule has 0 aliphatic carbocycles. The fourth-order valence-electron chi connectivity index (χ4n) is 4.92. The number of hydrogen-bond donors (Lipinski definition) is 4. The molecule has 43 heavy (non-hydrogen) atoms. The van der Waals surface area contributed by atoms with Crippen LogP contribution in [0, 0.1) is 18.7 Å². The van der Waals surface area contributed by atoms with Crippen LogP contribution < -0.4 is 21.6 Å². The molecule has 1 aliphatic heterocycles. The molecule has 12 nitrogen and oxygen atoms in total. The van der Waals surface area contributed by atoms with Crippen molar-refractivity contribution in [3.8, 4) is 16.2 Å². The number of aryl methyl sites for hydroxylation is 1. The summed E-state index contributed by atoms with van der Waals surface area (Å²) in [6.45, 7) is 7.18. The Morgan fingerprint density at radius 2 is 2.07 bits per heavy atom. The molecule has 1 aromatic heterocycles. The Morgan fingerprint density at radius 3 is 2.70 bits per heavy atom. The smallest absolute Gasteiger partial charge is 0.308 e. The molecular weight excluding hydrogens is 579 g/mol. The minimum Gasteiger partial charge on any atom is -0.478 e. The highest BCUT2D eigenvalue weighted by Crippen LogP contribution is 2.36. The fourth-order valence-corrected chi connectivity index (χ4v) is 5.75. The molecule has 0 radical (unpaired) electrons. The van der Waals surface area contributed by atoms with E-state index in [1.54, 1.807) is 24.6 Å². The van der Waals surface area contributed by atoms with E-state index in [1.807, 2.05) is 13.8 Å². The number of thiazole rings is 1. The molecule has 0 bridgehead atoms. The average Bonchev–Trinajstić information content (AvgIpc) is 3.60. The first-order chi connectivity index (χ1) is 20.5. The minimum atomic E-state index is -0.819. The number of ether oxygens (including phenoxy) is 2. The molecule has 2 atom stereocenters. The van der Waals surface area contributed by atoms with E-state index < -0.39 is 29.8 Å². The van der Waals surface area contributed by atoms with E-state index in [-0.39, 0.29) is 47.7 Å². The van der Waals surface area contributed by atoms with Crippen molar-refractivity contribution in [2.24, 2.45) is 17.5 Å². The van der Waals surface area contributed by atoms with Gasteiger partial charge in [-0.2, -0.15) is 0 Å². The molecule has 6 N–H and O–H groups in total. The number of carbonyl (C=O) groups is 3. The van der Waals surface area contributed by atoms with Gasteiger partial charge in [-0.15, -0.1) is 11.3 Å². The van der Waals surface area contributed by atoms with Crippen LogP contribution in [0.2, 0.25) is 0 Å². The average molecular weight is 621 g/mol. The van der Waals surface area contributed by atoms with Crippen molar-refractivity contribution >= 4 is 29.1 Å². The van der Waals surface area contributed by atoms with Crippen LogP contribution in [0.15, 0.2) is 29.7 Å². The van der Waals surface area contributed by atoms with Gasteiger partial charge in [0.1, 0.15) is 12.1 Å². The lowest BCUT2D eigenvalue weighted by Crippen LogP contribution is -2.55. The number of aliphatic hydroxyl groups is 1. The zero-order chi connectivity index (χ0) is 31.7. The number of esters is 1. The maximum absolute atomic E-state index is 15.6. The Bertz CT molecular complexity index is 1320. The van der Waals surface area contributed by atoms with Crippen LogP contribution in [0.25, 0.3) is 10.4 Å². The van der Waals surface area contributed by atoms with E-state index in [0.29, 0.717) is 49.4 Å². The predicted molar refractivity (Wildman–Crippen MR) is 159 cm³/mol. The number of rotatable bonds is 14. The van der Waals surface area contributed by atoms with Crippen LogP contribution in [0.3, 0.4) is 0 Å². The predicted octanol–water partition coefficient (Wildman–Crippen LogP) is 2.54. The lowest BCUT2D eigenvalue weighted by molar-refractivity contribution is -0.143. The monoisotopic (exact) mass is 620 g/mol. The normalized spacial score (nSPS) is 15.9. The van der Waals surface area contributed by atoms with Crippen LogP contribution in [0.1, 0.15) is 57.7 Å². The van der Waals surface area contributed by atoms with Gasteiger partial charge in [0, 0.05) is 37.7 Å². The molecular formula is C29H41FN6O6S. The quantitative estimate of drug-likeness (QED) is 0.0614. The van der Waals surface area contributed by atoms with Gasteiger partial charge in [0.15, 0.2) is 11.6 Å². The van der Waals surface area contributed by atoms with Gasteiger partial charge >= 0.3 is 5.97 Å². The first-order valence-corrected chi connectivity index (χ1v) is 15.1. The molecule has 0 spiro atoms. The van der Waals surface area contributed by atoms with Gasteiger partial charge in [-0.1, -0.05) is 19.9 Å². The van der Waals surface area contributed by atoms with Gasteiger partial charge in [-0.05, 0) is 44.6 Å². The summed E-state index contributed by atoms with van der Waals surface area (Å²) in [6.07, 6.45) is 3.57. The van der Waals surface area contributed by atoms with E-state index in [1.165, 1.54) is 34.4 Å². The number of nitrogens with one attached hydrogen (secondary N) is 1. The summed E-state index contributed by atoms with van der Waals surface area (Å²) < 4.78 is 26.2. The van der Waals surface area contributed by atoms with Gasteiger partial charge in [-0.25, -0.2) is 15.2 Å². The second-order valence-electron chi connectivity index (χ2n) is 10.6. The maximum atomic E-state index is 15.6. The molecule has 1 saturated heterocycles. The third-order valence-electron chi connectivity index (χ3n) is 7.01. The Labute approximate surface area is 254 Å². The highest BCUT2D eigenvalue weighted by Gasteiger charge is 2.39. The maximum Gasteiger partial charge on any atom is 0.308 e. The van der Waals surface area contributed by atoms with Crippen LogP contribution >= 0.6 is 11.3 Å². The molecule has 1 aliphatic rings. The second kappa shape index (κ2) is 15.6. The highest BCUT2D eigenvalue weighted by atomic mass is 32.1. The van der Waals surface area contributed by atoms with Gasteiger partial charge < -0.3 is 35.5 Å². The summed E-state index contributed by atoms with van der Waals surface area (Å²) in [7, 11) is 0. The standard InChI is InChI=1S/C29H41FN6O6S/c1-17(2)25(36(32)15-23(31)41-13-6-5-12-37)29(40)35-11-7-8-22(35)28(39)33-14-20-9-10-21(27-18(3)34-16-43-27)24(30)26(20)42-19(4)38/h9-10,15-17,22,25,37H,5-8,11-14,31-32H2,1-4H3,(H,33,39)/b23-15+. The number of likely N-dealkylation sites (tertiary alicyclic amines) is 1. The Morgan fingerprint density at radius 1 is 1.33 bits per heavy atom. The fraction of sp³-hybridized carbons (Fsp3) is 0.517. The topological polar surface area (TPSA) is 173 Å². The van der Waals surface area contributed by atoms with Crippen molar-refractivity contribution in [1.82, 2.24) is 20.2 Å². The van der Waals surface area contributed by atoms with Crippen LogP contribution in [-0.4, -0.2) is 69.6 Å². The van der Waals surface area contributed by atoms with Crippen molar-refractivity contribution in [3.05, 3.63) is 46.8 Å². The number of unbranched alkanes of at least 4 members (excludes halogenated alkanes) is 1. The number of benzene rings is 1. The lowest BCUT2D eigenvalue weighted by Gasteiger charge is -2.34. The molecule has 3 rings (SSSR count). The van der Waals surface area contributed by atoms with Crippen molar-refractivity contribution in [1.29, 1.82) is 0 Å². The second-order valence-corrected chi connectivity index (χ2v) is 11.5. The number of nitrogens with zero attached hydrogens (tertiary/aromatic N) is 3. The zero-order valence-corrected chi connectivity index (χ0v) is 25.8. The van der Waals surface area contributed by atoms with Crippen molar-refractivity contribution in [2.45, 2.75) is 72.0 Å². The molecule has 14 heteroatoms. The Kier molecular flexibility index (Phi) is 12.3. The van der Waals surface area contributed by atoms with Crippen molar-refractivity contribution in [2.75, 3.05) is 19.8 Å². The largest absolute Gasteiger partial charge is 0.478 e. The number of hydrogen-bond acceptors (Lipinski definition) is 11. The molecule has 236 valence electrons. The third kappa shape index (κ3) is 8.65.